The van der Waals surface area contributed by atoms with E-state index in [9.17, 15) is 0 Å². The molecule has 0 saturated carbocycles. The van der Waals surface area contributed by atoms with E-state index in [4.69, 9.17) is 6.42 Å². The highest BCUT2D eigenvalue weighted by molar-refractivity contribution is 9.10. The summed E-state index contributed by atoms with van der Waals surface area (Å²) in [6.07, 6.45) is 6.97. The van der Waals surface area contributed by atoms with E-state index < -0.39 is 0 Å². The summed E-state index contributed by atoms with van der Waals surface area (Å²) in [7, 11) is 0. The van der Waals surface area contributed by atoms with Crippen molar-refractivity contribution >= 4 is 27.0 Å². The summed E-state index contributed by atoms with van der Waals surface area (Å²) in [5, 5.41) is 0. The topological polar surface area (TPSA) is 25.8 Å². The summed E-state index contributed by atoms with van der Waals surface area (Å²) in [4.78, 5) is 8.40. The van der Waals surface area contributed by atoms with Gasteiger partial charge in [-0.05, 0) is 34.1 Å². The Balaban J connectivity index is 2.77. The van der Waals surface area contributed by atoms with Crippen LogP contribution >= 0.6 is 15.9 Å². The molecule has 0 aliphatic rings. The highest BCUT2D eigenvalue weighted by Crippen LogP contribution is 2.15. The van der Waals surface area contributed by atoms with Gasteiger partial charge in [0.25, 0.3) is 0 Å². The summed E-state index contributed by atoms with van der Waals surface area (Å²) >= 11 is 3.32. The molecule has 0 fully saturated rings. The summed E-state index contributed by atoms with van der Waals surface area (Å²) in [6, 6.07) is 5.54. The number of fused-ring (bicyclic) bond motifs is 1. The smallest absolute Gasteiger partial charge is 0.113 e. The van der Waals surface area contributed by atoms with Crippen LogP contribution in [0, 0.1) is 12.3 Å². The number of rotatable bonds is 0. The molecule has 3 heteroatoms. The van der Waals surface area contributed by atoms with Crippen LogP contribution in [0.2, 0.25) is 0 Å². The van der Waals surface area contributed by atoms with Gasteiger partial charge in [-0.1, -0.05) is 5.92 Å². The van der Waals surface area contributed by atoms with Crippen LogP contribution in [0.1, 0.15) is 5.69 Å². The molecule has 2 rings (SSSR count). The molecule has 2 aromatic rings. The normalized spacial score (nSPS) is 9.85. The Hall–Kier alpha value is -1.40. The summed E-state index contributed by atoms with van der Waals surface area (Å²) in [5.41, 5.74) is 2.29. The minimum absolute atomic E-state index is 0.632. The lowest BCUT2D eigenvalue weighted by atomic mass is 10.3. The molecule has 0 N–H and O–H groups in total. The Kier molecular flexibility index (Phi) is 1.99. The molecule has 0 radical (unpaired) electrons. The molecule has 0 bridgehead atoms. The number of terminal acetylenes is 1. The third-order valence-electron chi connectivity index (χ3n) is 1.65. The van der Waals surface area contributed by atoms with Crippen molar-refractivity contribution in [2.24, 2.45) is 0 Å². The van der Waals surface area contributed by atoms with E-state index in [0.717, 1.165) is 15.5 Å². The SMILES string of the molecule is C#Cc1ccc2ncc(Br)cc2n1. The van der Waals surface area contributed by atoms with Gasteiger partial charge >= 0.3 is 0 Å². The number of hydrogen-bond donors (Lipinski definition) is 0. The second-order valence-corrected chi connectivity index (χ2v) is 3.45. The van der Waals surface area contributed by atoms with Gasteiger partial charge in [0, 0.05) is 10.7 Å². The van der Waals surface area contributed by atoms with Crippen LogP contribution in [0.25, 0.3) is 11.0 Å². The molecule has 0 aliphatic carbocycles. The van der Waals surface area contributed by atoms with Crippen LogP contribution in [-0.2, 0) is 0 Å². The lowest BCUT2D eigenvalue weighted by Crippen LogP contribution is -1.86. The first-order chi connectivity index (χ1) is 6.29. The predicted octanol–water partition coefficient (Wildman–Crippen LogP) is 2.37. The Morgan fingerprint density at radius 3 is 2.92 bits per heavy atom. The van der Waals surface area contributed by atoms with Gasteiger partial charge in [-0.2, -0.15) is 0 Å². The van der Waals surface area contributed by atoms with E-state index in [2.05, 4.69) is 31.8 Å². The van der Waals surface area contributed by atoms with Crippen molar-refractivity contribution < 1.29 is 0 Å². The zero-order valence-corrected chi connectivity index (χ0v) is 8.25. The molecule has 0 spiro atoms. The molecule has 62 valence electrons. The third kappa shape index (κ3) is 1.53. The van der Waals surface area contributed by atoms with Crippen molar-refractivity contribution in [3.8, 4) is 12.3 Å². The number of hydrogen-bond acceptors (Lipinski definition) is 2. The van der Waals surface area contributed by atoms with E-state index in [1.165, 1.54) is 0 Å². The molecule has 2 heterocycles. The van der Waals surface area contributed by atoms with E-state index in [0.29, 0.717) is 5.69 Å². The minimum atomic E-state index is 0.632. The van der Waals surface area contributed by atoms with Crippen LogP contribution in [0.15, 0.2) is 28.9 Å². The molecular formula is C10H5BrN2. The fraction of sp³-hybridized carbons (Fsp3) is 0. The molecular weight excluding hydrogens is 228 g/mol. The molecule has 13 heavy (non-hydrogen) atoms. The number of pyridine rings is 2. The zero-order chi connectivity index (χ0) is 9.26. The zero-order valence-electron chi connectivity index (χ0n) is 6.66. The second kappa shape index (κ2) is 3.15. The van der Waals surface area contributed by atoms with E-state index >= 15 is 0 Å². The third-order valence-corrected chi connectivity index (χ3v) is 2.09. The number of aromatic nitrogens is 2. The van der Waals surface area contributed by atoms with Crippen molar-refractivity contribution in [2.75, 3.05) is 0 Å². The van der Waals surface area contributed by atoms with E-state index in [-0.39, 0.29) is 0 Å². The molecule has 2 aromatic heterocycles. The van der Waals surface area contributed by atoms with Gasteiger partial charge in [0.05, 0.1) is 11.0 Å². The fourth-order valence-electron chi connectivity index (χ4n) is 1.06. The van der Waals surface area contributed by atoms with Crippen LogP contribution in [0.3, 0.4) is 0 Å². The lowest BCUT2D eigenvalue weighted by Gasteiger charge is -1.97. The van der Waals surface area contributed by atoms with Crippen molar-refractivity contribution in [1.29, 1.82) is 0 Å². The average molecular weight is 233 g/mol. The van der Waals surface area contributed by atoms with Crippen LogP contribution in [0.5, 0.6) is 0 Å². The highest BCUT2D eigenvalue weighted by Gasteiger charge is 1.97. The second-order valence-electron chi connectivity index (χ2n) is 2.53. The first-order valence-electron chi connectivity index (χ1n) is 3.68. The molecule has 0 aliphatic heterocycles. The van der Waals surface area contributed by atoms with Gasteiger partial charge in [0.15, 0.2) is 0 Å². The summed E-state index contributed by atoms with van der Waals surface area (Å²) in [5.74, 6) is 2.48. The Labute approximate surface area is 84.1 Å². The number of nitrogens with zero attached hydrogens (tertiary/aromatic N) is 2. The molecule has 0 amide bonds. The van der Waals surface area contributed by atoms with Gasteiger partial charge in [0.2, 0.25) is 0 Å². The van der Waals surface area contributed by atoms with E-state index in [1.54, 1.807) is 12.3 Å². The molecule has 2 nitrogen and oxygen atoms in total. The minimum Gasteiger partial charge on any atom is -0.253 e. The molecule has 0 atom stereocenters. The van der Waals surface area contributed by atoms with Crippen molar-refractivity contribution in [3.05, 3.63) is 34.6 Å². The van der Waals surface area contributed by atoms with Gasteiger partial charge in [0.1, 0.15) is 5.69 Å². The largest absolute Gasteiger partial charge is 0.253 e. The summed E-state index contributed by atoms with van der Waals surface area (Å²) < 4.78 is 0.904. The van der Waals surface area contributed by atoms with Crippen LogP contribution < -0.4 is 0 Å². The first kappa shape index (κ1) is 8.21. The van der Waals surface area contributed by atoms with Gasteiger partial charge < -0.3 is 0 Å². The molecule has 0 unspecified atom stereocenters. The van der Waals surface area contributed by atoms with Crippen LogP contribution in [0.4, 0.5) is 0 Å². The lowest BCUT2D eigenvalue weighted by molar-refractivity contribution is 1.30. The van der Waals surface area contributed by atoms with Crippen molar-refractivity contribution in [1.82, 2.24) is 9.97 Å². The maximum atomic E-state index is 5.23. The van der Waals surface area contributed by atoms with Crippen molar-refractivity contribution in [2.45, 2.75) is 0 Å². The Morgan fingerprint density at radius 2 is 2.15 bits per heavy atom. The maximum Gasteiger partial charge on any atom is 0.113 e. The quantitative estimate of drug-likeness (QED) is 0.653. The predicted molar refractivity (Wildman–Crippen MR) is 55.2 cm³/mol. The van der Waals surface area contributed by atoms with Gasteiger partial charge in [-0.3, -0.25) is 4.98 Å². The van der Waals surface area contributed by atoms with Crippen LogP contribution in [-0.4, -0.2) is 9.97 Å². The summed E-state index contributed by atoms with van der Waals surface area (Å²) in [6.45, 7) is 0. The Morgan fingerprint density at radius 1 is 1.31 bits per heavy atom. The van der Waals surface area contributed by atoms with E-state index in [1.807, 2.05) is 12.1 Å². The van der Waals surface area contributed by atoms with Gasteiger partial charge in [-0.25, -0.2) is 4.98 Å². The first-order valence-corrected chi connectivity index (χ1v) is 4.48. The average Bonchev–Trinajstić information content (AvgIpc) is 2.16. The standard InChI is InChI=1S/C10H5BrN2/c1-2-8-3-4-9-10(13-8)5-7(11)6-12-9/h1,3-6H. The Bertz CT molecular complexity index is 500. The van der Waals surface area contributed by atoms with Gasteiger partial charge in [-0.15, -0.1) is 6.42 Å². The number of halogens is 1. The fourth-order valence-corrected chi connectivity index (χ4v) is 1.38. The molecule has 0 saturated heterocycles. The molecule has 0 aromatic carbocycles. The highest BCUT2D eigenvalue weighted by atomic mass is 79.9. The maximum absolute atomic E-state index is 5.23. The van der Waals surface area contributed by atoms with Crippen molar-refractivity contribution in [3.63, 3.8) is 0 Å². The monoisotopic (exact) mass is 232 g/mol.